The number of nitrogens with one attached hydrogen (secondary N) is 1. The molecule has 0 aliphatic rings. The number of anilines is 1. The van der Waals surface area contributed by atoms with Gasteiger partial charge in [0.05, 0.1) is 25.9 Å². The molecule has 0 aliphatic carbocycles. The molecule has 0 heterocycles. The Morgan fingerprint density at radius 1 is 0.875 bits per heavy atom. The molecule has 0 amide bonds. The lowest BCUT2D eigenvalue weighted by Gasteiger charge is -2.23. The minimum atomic E-state index is 0.253. The van der Waals surface area contributed by atoms with E-state index in [1.165, 1.54) is 0 Å². The zero-order valence-electron chi connectivity index (χ0n) is 14.7. The van der Waals surface area contributed by atoms with Gasteiger partial charge in [0.25, 0.3) is 0 Å². The van der Waals surface area contributed by atoms with Crippen molar-refractivity contribution in [2.24, 2.45) is 5.92 Å². The van der Waals surface area contributed by atoms with Gasteiger partial charge < -0.3 is 19.5 Å². The molecule has 1 N–H and O–H groups in total. The lowest BCUT2D eigenvalue weighted by atomic mass is 10.1. The highest BCUT2D eigenvalue weighted by Gasteiger charge is 2.13. The molecule has 24 heavy (non-hydrogen) atoms. The maximum atomic E-state index is 5.81. The van der Waals surface area contributed by atoms with Crippen molar-refractivity contribution < 1.29 is 14.2 Å². The smallest absolute Gasteiger partial charge is 0.127 e. The minimum absolute atomic E-state index is 0.253. The summed E-state index contributed by atoms with van der Waals surface area (Å²) >= 11 is 0. The van der Waals surface area contributed by atoms with Crippen LogP contribution in [-0.2, 0) is 9.47 Å². The van der Waals surface area contributed by atoms with E-state index in [1.54, 1.807) is 7.11 Å². The van der Waals surface area contributed by atoms with E-state index >= 15 is 0 Å². The summed E-state index contributed by atoms with van der Waals surface area (Å²) in [6.45, 7) is 6.26. The quantitative estimate of drug-likeness (QED) is 0.648. The number of benzene rings is 2. The number of hydrogen-bond donors (Lipinski definition) is 1. The van der Waals surface area contributed by atoms with Crippen LogP contribution in [0.15, 0.2) is 54.6 Å². The van der Waals surface area contributed by atoms with E-state index < -0.39 is 0 Å². The second-order valence-corrected chi connectivity index (χ2v) is 6.00. The maximum Gasteiger partial charge on any atom is 0.127 e. The van der Waals surface area contributed by atoms with Crippen LogP contribution in [0.25, 0.3) is 0 Å². The Balaban J connectivity index is 1.88. The van der Waals surface area contributed by atoms with Crippen molar-refractivity contribution >= 4 is 5.69 Å². The van der Waals surface area contributed by atoms with Crippen LogP contribution < -0.4 is 10.1 Å². The summed E-state index contributed by atoms with van der Waals surface area (Å²) in [6.07, 6.45) is 0. The molecule has 0 aromatic heterocycles. The molecule has 0 bridgehead atoms. The van der Waals surface area contributed by atoms with Crippen LogP contribution in [0.1, 0.15) is 13.8 Å². The fraction of sp³-hybridized carbons (Fsp3) is 0.400. The molecule has 1 unspecified atom stereocenters. The van der Waals surface area contributed by atoms with Gasteiger partial charge >= 0.3 is 0 Å². The van der Waals surface area contributed by atoms with Crippen molar-refractivity contribution in [2.45, 2.75) is 19.9 Å². The van der Waals surface area contributed by atoms with Crippen LogP contribution in [0.4, 0.5) is 5.69 Å². The van der Waals surface area contributed by atoms with Crippen molar-refractivity contribution in [1.29, 1.82) is 0 Å². The number of para-hydroxylation sites is 1. The largest absolute Gasteiger partial charge is 0.457 e. The van der Waals surface area contributed by atoms with Crippen molar-refractivity contribution in [3.05, 3.63) is 54.6 Å². The normalized spacial score (nSPS) is 12.2. The topological polar surface area (TPSA) is 39.7 Å². The predicted molar refractivity (Wildman–Crippen MR) is 97.9 cm³/mol. The van der Waals surface area contributed by atoms with Gasteiger partial charge in [-0.05, 0) is 42.3 Å². The van der Waals surface area contributed by atoms with E-state index in [2.05, 4.69) is 19.2 Å². The second-order valence-electron chi connectivity index (χ2n) is 6.00. The average molecular weight is 329 g/mol. The Morgan fingerprint density at radius 3 is 2.17 bits per heavy atom. The monoisotopic (exact) mass is 329 g/mol. The van der Waals surface area contributed by atoms with Gasteiger partial charge in [-0.25, -0.2) is 0 Å². The van der Waals surface area contributed by atoms with Gasteiger partial charge in [-0.1, -0.05) is 32.0 Å². The van der Waals surface area contributed by atoms with Crippen LogP contribution in [-0.4, -0.2) is 33.0 Å². The Kier molecular flexibility index (Phi) is 7.59. The SMILES string of the molecule is COCCOCC(Nc1ccc(Oc2ccccc2)cc1)C(C)C. The third-order valence-electron chi connectivity index (χ3n) is 3.72. The van der Waals surface area contributed by atoms with Crippen LogP contribution in [0.3, 0.4) is 0 Å². The van der Waals surface area contributed by atoms with E-state index in [9.17, 15) is 0 Å². The molecule has 0 saturated heterocycles. The molecule has 4 nitrogen and oxygen atoms in total. The molecule has 0 saturated carbocycles. The predicted octanol–water partition coefficient (Wildman–Crippen LogP) is 4.58. The van der Waals surface area contributed by atoms with Crippen LogP contribution in [0.2, 0.25) is 0 Å². The molecule has 1 atom stereocenters. The first-order chi connectivity index (χ1) is 11.7. The summed E-state index contributed by atoms with van der Waals surface area (Å²) in [4.78, 5) is 0. The lowest BCUT2D eigenvalue weighted by Crippen LogP contribution is -2.31. The average Bonchev–Trinajstić information content (AvgIpc) is 2.60. The van der Waals surface area contributed by atoms with Gasteiger partial charge in [0.1, 0.15) is 11.5 Å². The number of hydrogen-bond acceptors (Lipinski definition) is 4. The van der Waals surface area contributed by atoms with Crippen LogP contribution in [0.5, 0.6) is 11.5 Å². The Labute approximate surface area is 144 Å². The second kappa shape index (κ2) is 9.96. The molecule has 0 spiro atoms. The molecule has 2 rings (SSSR count). The summed E-state index contributed by atoms with van der Waals surface area (Å²) in [5.74, 6) is 2.13. The van der Waals surface area contributed by atoms with E-state index in [0.29, 0.717) is 25.7 Å². The molecule has 130 valence electrons. The van der Waals surface area contributed by atoms with Gasteiger partial charge in [0, 0.05) is 12.8 Å². The molecular formula is C20H27NO3. The summed E-state index contributed by atoms with van der Waals surface area (Å²) in [7, 11) is 1.68. The summed E-state index contributed by atoms with van der Waals surface area (Å²) in [5, 5.41) is 3.53. The number of ether oxygens (including phenoxy) is 3. The fourth-order valence-corrected chi connectivity index (χ4v) is 2.21. The molecule has 0 fully saturated rings. The molecule has 0 radical (unpaired) electrons. The first-order valence-electron chi connectivity index (χ1n) is 8.35. The first kappa shape index (κ1) is 18.3. The zero-order valence-corrected chi connectivity index (χ0v) is 14.7. The van der Waals surface area contributed by atoms with Crippen molar-refractivity contribution in [3.8, 4) is 11.5 Å². The van der Waals surface area contributed by atoms with Gasteiger partial charge in [-0.2, -0.15) is 0 Å². The van der Waals surface area contributed by atoms with E-state index in [-0.39, 0.29) is 6.04 Å². The van der Waals surface area contributed by atoms with E-state index in [1.807, 2.05) is 54.6 Å². The highest BCUT2D eigenvalue weighted by molar-refractivity contribution is 5.48. The van der Waals surface area contributed by atoms with Gasteiger partial charge in [0.2, 0.25) is 0 Å². The molecule has 2 aromatic rings. The zero-order chi connectivity index (χ0) is 17.2. The molecule has 2 aromatic carbocycles. The number of methoxy groups -OCH3 is 1. The molecular weight excluding hydrogens is 302 g/mol. The summed E-state index contributed by atoms with van der Waals surface area (Å²) in [5.41, 5.74) is 1.06. The van der Waals surface area contributed by atoms with Gasteiger partial charge in [0.15, 0.2) is 0 Å². The van der Waals surface area contributed by atoms with E-state index in [4.69, 9.17) is 14.2 Å². The lowest BCUT2D eigenvalue weighted by molar-refractivity contribution is 0.0609. The van der Waals surface area contributed by atoms with Gasteiger partial charge in [-0.3, -0.25) is 0 Å². The number of rotatable bonds is 10. The highest BCUT2D eigenvalue weighted by atomic mass is 16.5. The fourth-order valence-electron chi connectivity index (χ4n) is 2.21. The third kappa shape index (κ3) is 6.22. The summed E-state index contributed by atoms with van der Waals surface area (Å²) < 4.78 is 16.5. The van der Waals surface area contributed by atoms with Crippen molar-refractivity contribution in [2.75, 3.05) is 32.2 Å². The minimum Gasteiger partial charge on any atom is -0.457 e. The molecule has 0 aliphatic heterocycles. The summed E-state index contributed by atoms with van der Waals surface area (Å²) in [6, 6.07) is 18.0. The Hall–Kier alpha value is -2.04. The Bertz CT molecular complexity index is 569. The third-order valence-corrected chi connectivity index (χ3v) is 3.72. The van der Waals surface area contributed by atoms with Crippen LogP contribution >= 0.6 is 0 Å². The highest BCUT2D eigenvalue weighted by Crippen LogP contribution is 2.23. The first-order valence-corrected chi connectivity index (χ1v) is 8.35. The van der Waals surface area contributed by atoms with Crippen LogP contribution in [0, 0.1) is 5.92 Å². The maximum absolute atomic E-state index is 5.81. The van der Waals surface area contributed by atoms with E-state index in [0.717, 1.165) is 17.2 Å². The molecule has 4 heteroatoms. The van der Waals surface area contributed by atoms with Crippen molar-refractivity contribution in [1.82, 2.24) is 0 Å². The standard InChI is InChI=1S/C20H27NO3/c1-16(2)20(15-23-14-13-22-3)21-17-9-11-19(12-10-17)24-18-7-5-4-6-8-18/h4-12,16,20-21H,13-15H2,1-3H3. The van der Waals surface area contributed by atoms with Gasteiger partial charge in [-0.15, -0.1) is 0 Å². The Morgan fingerprint density at radius 2 is 1.54 bits per heavy atom. The van der Waals surface area contributed by atoms with Crippen molar-refractivity contribution in [3.63, 3.8) is 0 Å².